The highest BCUT2D eigenvalue weighted by atomic mass is 16.2. The Morgan fingerprint density at radius 1 is 1.29 bits per heavy atom. The molecule has 0 spiro atoms. The summed E-state index contributed by atoms with van der Waals surface area (Å²) in [6, 6.07) is 7.90. The number of carbonyl (C=O) groups is 2. The van der Waals surface area contributed by atoms with Crippen LogP contribution in [0.3, 0.4) is 0 Å². The van der Waals surface area contributed by atoms with Crippen LogP contribution in [-0.2, 0) is 9.59 Å². The van der Waals surface area contributed by atoms with Crippen molar-refractivity contribution < 1.29 is 9.59 Å². The van der Waals surface area contributed by atoms with Crippen LogP contribution in [0.4, 0.5) is 5.69 Å². The number of hydrogen-bond acceptors (Lipinski definition) is 3. The summed E-state index contributed by atoms with van der Waals surface area (Å²) in [5.41, 5.74) is 7.45. The molecule has 5 nitrogen and oxygen atoms in total. The van der Waals surface area contributed by atoms with Crippen LogP contribution < -0.4 is 10.6 Å². The van der Waals surface area contributed by atoms with Gasteiger partial charge in [-0.25, -0.2) is 0 Å². The van der Waals surface area contributed by atoms with Gasteiger partial charge >= 0.3 is 0 Å². The number of benzene rings is 1. The summed E-state index contributed by atoms with van der Waals surface area (Å²) in [6.45, 7) is 4.16. The molecule has 0 saturated carbocycles. The van der Waals surface area contributed by atoms with E-state index in [-0.39, 0.29) is 23.8 Å². The molecular formula is C16H21N3O2. The second-order valence-corrected chi connectivity index (χ2v) is 5.96. The Morgan fingerprint density at radius 3 is 2.62 bits per heavy atom. The fourth-order valence-electron chi connectivity index (χ4n) is 3.20. The summed E-state index contributed by atoms with van der Waals surface area (Å²) in [6.07, 6.45) is 1.77. The molecule has 0 aliphatic carbocycles. The third kappa shape index (κ3) is 2.48. The number of likely N-dealkylation sites (tertiary alicyclic amines) is 1. The molecule has 0 unspecified atom stereocenters. The number of fused-ring (bicyclic) bond motifs is 1. The fraction of sp³-hybridized carbons (Fsp3) is 0.500. The summed E-state index contributed by atoms with van der Waals surface area (Å²) in [5.74, 6) is -0.380. The minimum Gasteiger partial charge on any atom is -0.369 e. The van der Waals surface area contributed by atoms with Crippen LogP contribution in [-0.4, -0.2) is 42.4 Å². The minimum atomic E-state index is -0.289. The van der Waals surface area contributed by atoms with Crippen molar-refractivity contribution in [3.8, 4) is 0 Å². The summed E-state index contributed by atoms with van der Waals surface area (Å²) in [7, 11) is 0. The van der Waals surface area contributed by atoms with Gasteiger partial charge in [-0.3, -0.25) is 9.59 Å². The number of para-hydroxylation sites is 1. The molecule has 112 valence electrons. The number of anilines is 1. The standard InChI is InChI=1S/C16H21N3O2/c1-11-9-13(16(17)21)12-5-2-3-6-14(12)19(11)10-15(20)18-7-4-8-18/h2-3,5-6,11,13H,4,7-10H2,1H3,(H2,17,21)/t11-,13-/m0/s1. The topological polar surface area (TPSA) is 66.6 Å². The van der Waals surface area contributed by atoms with Gasteiger partial charge in [-0.1, -0.05) is 18.2 Å². The number of nitrogens with two attached hydrogens (primary N) is 1. The first-order chi connectivity index (χ1) is 10.1. The molecule has 0 aromatic heterocycles. The number of primary amides is 1. The Hall–Kier alpha value is -2.04. The molecule has 21 heavy (non-hydrogen) atoms. The maximum absolute atomic E-state index is 12.3. The van der Waals surface area contributed by atoms with Crippen molar-refractivity contribution >= 4 is 17.5 Å². The number of carbonyl (C=O) groups excluding carboxylic acids is 2. The zero-order valence-corrected chi connectivity index (χ0v) is 12.3. The van der Waals surface area contributed by atoms with Gasteiger partial charge in [0.15, 0.2) is 0 Å². The van der Waals surface area contributed by atoms with E-state index in [0.29, 0.717) is 13.0 Å². The van der Waals surface area contributed by atoms with Crippen molar-refractivity contribution in [3.63, 3.8) is 0 Å². The highest BCUT2D eigenvalue weighted by Crippen LogP contribution is 2.38. The highest BCUT2D eigenvalue weighted by Gasteiger charge is 2.34. The van der Waals surface area contributed by atoms with E-state index in [4.69, 9.17) is 5.73 Å². The Bertz CT molecular complexity index is 568. The average Bonchev–Trinajstić information content (AvgIpc) is 2.39. The van der Waals surface area contributed by atoms with Crippen molar-refractivity contribution in [2.75, 3.05) is 24.5 Å². The van der Waals surface area contributed by atoms with Crippen molar-refractivity contribution in [3.05, 3.63) is 29.8 Å². The van der Waals surface area contributed by atoms with Gasteiger partial charge in [0.1, 0.15) is 0 Å². The highest BCUT2D eigenvalue weighted by molar-refractivity contribution is 5.87. The first-order valence-electron chi connectivity index (χ1n) is 7.50. The van der Waals surface area contributed by atoms with Crippen molar-refractivity contribution in [1.29, 1.82) is 0 Å². The lowest BCUT2D eigenvalue weighted by molar-refractivity contribution is -0.133. The van der Waals surface area contributed by atoms with Crippen LogP contribution in [0, 0.1) is 0 Å². The van der Waals surface area contributed by atoms with E-state index in [9.17, 15) is 9.59 Å². The normalized spacial score (nSPS) is 24.2. The van der Waals surface area contributed by atoms with Crippen LogP contribution >= 0.6 is 0 Å². The Morgan fingerprint density at radius 2 is 2.00 bits per heavy atom. The summed E-state index contributed by atoms with van der Waals surface area (Å²) in [5, 5.41) is 0. The third-order valence-corrected chi connectivity index (χ3v) is 4.59. The zero-order chi connectivity index (χ0) is 15.0. The minimum absolute atomic E-state index is 0.127. The van der Waals surface area contributed by atoms with Crippen molar-refractivity contribution in [1.82, 2.24) is 4.90 Å². The number of amides is 2. The second-order valence-electron chi connectivity index (χ2n) is 5.96. The monoisotopic (exact) mass is 287 g/mol. The first-order valence-corrected chi connectivity index (χ1v) is 7.50. The van der Waals surface area contributed by atoms with Gasteiger partial charge in [-0.2, -0.15) is 0 Å². The van der Waals surface area contributed by atoms with Crippen LogP contribution in [0.5, 0.6) is 0 Å². The van der Waals surface area contributed by atoms with Gasteiger partial charge in [0, 0.05) is 24.8 Å². The molecule has 0 bridgehead atoms. The number of nitrogens with zero attached hydrogens (tertiary/aromatic N) is 2. The predicted octanol–water partition coefficient (Wildman–Crippen LogP) is 1.09. The molecule has 1 aromatic rings. The van der Waals surface area contributed by atoms with Gasteiger partial charge in [-0.05, 0) is 31.4 Å². The molecule has 0 radical (unpaired) electrons. The lowest BCUT2D eigenvalue weighted by Gasteiger charge is -2.41. The Labute approximate surface area is 124 Å². The molecule has 2 amide bonds. The average molecular weight is 287 g/mol. The predicted molar refractivity (Wildman–Crippen MR) is 81.0 cm³/mol. The van der Waals surface area contributed by atoms with Crippen molar-refractivity contribution in [2.45, 2.75) is 31.7 Å². The van der Waals surface area contributed by atoms with Gasteiger partial charge in [0.2, 0.25) is 11.8 Å². The fourth-order valence-corrected chi connectivity index (χ4v) is 3.20. The second kappa shape index (κ2) is 5.39. The maximum Gasteiger partial charge on any atom is 0.242 e. The van der Waals surface area contributed by atoms with E-state index in [1.54, 1.807) is 0 Å². The molecule has 1 saturated heterocycles. The Balaban J connectivity index is 1.87. The van der Waals surface area contributed by atoms with Crippen LogP contribution in [0.15, 0.2) is 24.3 Å². The van der Waals surface area contributed by atoms with E-state index in [2.05, 4.69) is 11.8 Å². The van der Waals surface area contributed by atoms with E-state index < -0.39 is 0 Å². The summed E-state index contributed by atoms with van der Waals surface area (Å²) >= 11 is 0. The van der Waals surface area contributed by atoms with Gasteiger partial charge in [0.25, 0.3) is 0 Å². The smallest absolute Gasteiger partial charge is 0.242 e. The van der Waals surface area contributed by atoms with Gasteiger partial charge in [0.05, 0.1) is 12.5 Å². The van der Waals surface area contributed by atoms with Gasteiger partial charge < -0.3 is 15.5 Å². The molecule has 2 N–H and O–H groups in total. The molecule has 2 aliphatic rings. The van der Waals surface area contributed by atoms with Crippen LogP contribution in [0.2, 0.25) is 0 Å². The molecule has 1 aromatic carbocycles. The molecule has 1 fully saturated rings. The number of rotatable bonds is 3. The third-order valence-electron chi connectivity index (χ3n) is 4.59. The first kappa shape index (κ1) is 13.9. The number of hydrogen-bond donors (Lipinski definition) is 1. The van der Waals surface area contributed by atoms with E-state index in [0.717, 1.165) is 30.8 Å². The van der Waals surface area contributed by atoms with Crippen LogP contribution in [0.1, 0.15) is 31.2 Å². The molecule has 5 heteroatoms. The van der Waals surface area contributed by atoms with E-state index >= 15 is 0 Å². The van der Waals surface area contributed by atoms with E-state index in [1.807, 2.05) is 29.2 Å². The molecular weight excluding hydrogens is 266 g/mol. The van der Waals surface area contributed by atoms with Crippen LogP contribution in [0.25, 0.3) is 0 Å². The molecule has 2 atom stereocenters. The lowest BCUT2D eigenvalue weighted by atomic mass is 9.85. The maximum atomic E-state index is 12.3. The lowest BCUT2D eigenvalue weighted by Crippen LogP contribution is -2.51. The summed E-state index contributed by atoms with van der Waals surface area (Å²) in [4.78, 5) is 27.9. The van der Waals surface area contributed by atoms with E-state index in [1.165, 1.54) is 0 Å². The molecule has 2 aliphatic heterocycles. The van der Waals surface area contributed by atoms with Crippen molar-refractivity contribution in [2.24, 2.45) is 5.73 Å². The molecule has 2 heterocycles. The zero-order valence-electron chi connectivity index (χ0n) is 12.3. The Kier molecular flexibility index (Phi) is 3.57. The summed E-state index contributed by atoms with van der Waals surface area (Å²) < 4.78 is 0. The molecule has 3 rings (SSSR count). The largest absolute Gasteiger partial charge is 0.369 e. The quantitative estimate of drug-likeness (QED) is 0.905. The SMILES string of the molecule is C[C@H]1C[C@H](C(N)=O)c2ccccc2N1CC(=O)N1CCC1. The van der Waals surface area contributed by atoms with Gasteiger partial charge in [-0.15, -0.1) is 0 Å².